The highest BCUT2D eigenvalue weighted by Crippen LogP contribution is 2.37. The lowest BCUT2D eigenvalue weighted by atomic mass is 9.98. The number of nitrogens with zero attached hydrogens (tertiary/aromatic N) is 2. The highest BCUT2D eigenvalue weighted by Gasteiger charge is 2.43. The predicted molar refractivity (Wildman–Crippen MR) is 112 cm³/mol. The molecule has 2 aliphatic heterocycles. The summed E-state index contributed by atoms with van der Waals surface area (Å²) < 4.78 is 13.5. The number of hydrogen-bond donors (Lipinski definition) is 0. The molecule has 0 radical (unpaired) electrons. The fourth-order valence-corrected chi connectivity index (χ4v) is 4.28. The molecule has 0 spiro atoms. The number of carbonyl (C=O) groups is 2. The number of rotatable bonds is 3. The molecule has 0 aromatic heterocycles. The maximum atomic E-state index is 13.6. The summed E-state index contributed by atoms with van der Waals surface area (Å²) >= 11 is 0. The van der Waals surface area contributed by atoms with Gasteiger partial charge >= 0.3 is 0 Å². The number of hydrogen-bond acceptors (Lipinski definition) is 3. The number of carbonyl (C=O) groups excluding carboxylic acids is 2. The van der Waals surface area contributed by atoms with E-state index in [0.29, 0.717) is 28.4 Å². The van der Waals surface area contributed by atoms with E-state index < -0.39 is 0 Å². The molecule has 150 valence electrons. The molecular weight excluding hydrogens is 367 g/mol. The van der Waals surface area contributed by atoms with Gasteiger partial charge < -0.3 is 4.90 Å². The summed E-state index contributed by atoms with van der Waals surface area (Å²) in [6.45, 7) is 7.52. The van der Waals surface area contributed by atoms with E-state index in [1.807, 2.05) is 36.9 Å². The van der Waals surface area contributed by atoms with E-state index >= 15 is 0 Å². The number of amides is 2. The van der Waals surface area contributed by atoms with Crippen LogP contribution in [0.3, 0.4) is 0 Å². The number of benzene rings is 2. The molecule has 2 aromatic rings. The number of imide groups is 1. The third-order valence-corrected chi connectivity index (χ3v) is 5.98. The van der Waals surface area contributed by atoms with Crippen LogP contribution in [0.15, 0.2) is 48.2 Å². The summed E-state index contributed by atoms with van der Waals surface area (Å²) in [6, 6.07) is 11.4. The molecule has 0 N–H and O–H groups in total. The highest BCUT2D eigenvalue weighted by atomic mass is 19.1. The first-order chi connectivity index (χ1) is 13.9. The molecule has 1 unspecified atom stereocenters. The smallest absolute Gasteiger partial charge is 0.282 e. The molecule has 2 amide bonds. The fourth-order valence-electron chi connectivity index (χ4n) is 4.28. The van der Waals surface area contributed by atoms with E-state index in [0.717, 1.165) is 37.1 Å². The molecule has 2 aromatic carbocycles. The number of piperidine rings is 1. The zero-order chi connectivity index (χ0) is 20.7. The summed E-state index contributed by atoms with van der Waals surface area (Å²) in [4.78, 5) is 30.4. The molecule has 0 bridgehead atoms. The van der Waals surface area contributed by atoms with Crippen LogP contribution in [0.2, 0.25) is 0 Å². The summed E-state index contributed by atoms with van der Waals surface area (Å²) in [7, 11) is 0. The van der Waals surface area contributed by atoms with Gasteiger partial charge in [-0.2, -0.15) is 0 Å². The van der Waals surface area contributed by atoms with Crippen molar-refractivity contribution < 1.29 is 14.0 Å². The van der Waals surface area contributed by atoms with Gasteiger partial charge in [0.25, 0.3) is 11.8 Å². The first-order valence-electron chi connectivity index (χ1n) is 10.1. The van der Waals surface area contributed by atoms with Gasteiger partial charge in [0.2, 0.25) is 0 Å². The normalized spacial score (nSPS) is 20.1. The standard InChI is InChI=1S/C24H25FN2O2/c1-15-6-5-13-26(14-15)22-21(18-9-11-19(25)12-10-18)23(28)27(24(22)29)20-8-4-7-16(2)17(20)3/h4,7-12,15H,5-6,13-14H2,1-3H3. The van der Waals surface area contributed by atoms with Crippen molar-refractivity contribution in [3.63, 3.8) is 0 Å². The average molecular weight is 392 g/mol. The van der Waals surface area contributed by atoms with Gasteiger partial charge in [-0.15, -0.1) is 0 Å². The minimum absolute atomic E-state index is 0.294. The van der Waals surface area contributed by atoms with Gasteiger partial charge in [-0.05, 0) is 67.5 Å². The van der Waals surface area contributed by atoms with Gasteiger partial charge in [-0.1, -0.05) is 31.2 Å². The van der Waals surface area contributed by atoms with Crippen molar-refractivity contribution in [1.82, 2.24) is 4.90 Å². The van der Waals surface area contributed by atoms with Crippen LogP contribution in [0.25, 0.3) is 5.57 Å². The first-order valence-corrected chi connectivity index (χ1v) is 10.1. The summed E-state index contributed by atoms with van der Waals surface area (Å²) in [5, 5.41) is 0. The van der Waals surface area contributed by atoms with Crippen molar-refractivity contribution in [2.75, 3.05) is 18.0 Å². The van der Waals surface area contributed by atoms with Gasteiger partial charge in [0.1, 0.15) is 11.5 Å². The molecule has 29 heavy (non-hydrogen) atoms. The Hall–Kier alpha value is -2.95. The summed E-state index contributed by atoms with van der Waals surface area (Å²) in [5.41, 5.74) is 3.91. The van der Waals surface area contributed by atoms with Crippen molar-refractivity contribution in [3.8, 4) is 0 Å². The van der Waals surface area contributed by atoms with E-state index in [1.54, 1.807) is 12.1 Å². The number of halogens is 1. The second-order valence-electron chi connectivity index (χ2n) is 8.09. The monoisotopic (exact) mass is 392 g/mol. The minimum atomic E-state index is -0.370. The Balaban J connectivity index is 1.85. The van der Waals surface area contributed by atoms with Crippen molar-refractivity contribution in [3.05, 3.63) is 70.7 Å². The molecule has 5 heteroatoms. The molecule has 4 rings (SSSR count). The van der Waals surface area contributed by atoms with E-state index in [1.165, 1.54) is 17.0 Å². The molecule has 1 saturated heterocycles. The SMILES string of the molecule is Cc1cccc(N2C(=O)C(c3ccc(F)cc3)=C(N3CCCC(C)C3)C2=O)c1C. The van der Waals surface area contributed by atoms with Crippen molar-refractivity contribution in [1.29, 1.82) is 0 Å². The summed E-state index contributed by atoms with van der Waals surface area (Å²) in [5.74, 6) is -0.560. The quantitative estimate of drug-likeness (QED) is 0.724. The molecule has 1 atom stereocenters. The molecule has 2 aliphatic rings. The van der Waals surface area contributed by atoms with Crippen LogP contribution in [-0.2, 0) is 9.59 Å². The average Bonchev–Trinajstić information content (AvgIpc) is 2.95. The molecule has 0 saturated carbocycles. The van der Waals surface area contributed by atoms with Crippen LogP contribution in [0.4, 0.5) is 10.1 Å². The Labute approximate surface area is 170 Å². The van der Waals surface area contributed by atoms with E-state index in [-0.39, 0.29) is 17.6 Å². The van der Waals surface area contributed by atoms with Crippen LogP contribution in [0.5, 0.6) is 0 Å². The van der Waals surface area contributed by atoms with Crippen LogP contribution in [-0.4, -0.2) is 29.8 Å². The lowest BCUT2D eigenvalue weighted by Gasteiger charge is -2.33. The van der Waals surface area contributed by atoms with E-state index in [9.17, 15) is 14.0 Å². The highest BCUT2D eigenvalue weighted by molar-refractivity contribution is 6.45. The first kappa shape index (κ1) is 19.4. The van der Waals surface area contributed by atoms with E-state index in [2.05, 4.69) is 6.92 Å². The van der Waals surface area contributed by atoms with Crippen LogP contribution >= 0.6 is 0 Å². The van der Waals surface area contributed by atoms with Gasteiger partial charge in [0.05, 0.1) is 11.3 Å². The lowest BCUT2D eigenvalue weighted by Crippen LogP contribution is -2.39. The number of anilines is 1. The Morgan fingerprint density at radius 2 is 1.72 bits per heavy atom. The minimum Gasteiger partial charge on any atom is -0.366 e. The van der Waals surface area contributed by atoms with Crippen LogP contribution < -0.4 is 4.90 Å². The second kappa shape index (κ2) is 7.47. The van der Waals surface area contributed by atoms with Gasteiger partial charge in [0.15, 0.2) is 0 Å². The number of aryl methyl sites for hydroxylation is 1. The van der Waals surface area contributed by atoms with Crippen molar-refractivity contribution in [2.45, 2.75) is 33.6 Å². The van der Waals surface area contributed by atoms with Crippen LogP contribution in [0, 0.1) is 25.6 Å². The number of likely N-dealkylation sites (tertiary alicyclic amines) is 1. The fraction of sp³-hybridized carbons (Fsp3) is 0.333. The Kier molecular flexibility index (Phi) is 4.99. The van der Waals surface area contributed by atoms with Gasteiger partial charge in [0, 0.05) is 13.1 Å². The van der Waals surface area contributed by atoms with Gasteiger partial charge in [-0.25, -0.2) is 9.29 Å². The lowest BCUT2D eigenvalue weighted by molar-refractivity contribution is -0.120. The molecular formula is C24H25FN2O2. The Morgan fingerprint density at radius 1 is 1.00 bits per heavy atom. The van der Waals surface area contributed by atoms with Crippen molar-refractivity contribution in [2.24, 2.45) is 5.92 Å². The molecule has 2 heterocycles. The topological polar surface area (TPSA) is 40.6 Å². The Bertz CT molecular complexity index is 1010. The molecule has 1 fully saturated rings. The van der Waals surface area contributed by atoms with E-state index in [4.69, 9.17) is 0 Å². The Morgan fingerprint density at radius 3 is 2.41 bits per heavy atom. The predicted octanol–water partition coefficient (Wildman–Crippen LogP) is 4.46. The summed E-state index contributed by atoms with van der Waals surface area (Å²) in [6.07, 6.45) is 2.09. The largest absolute Gasteiger partial charge is 0.366 e. The zero-order valence-corrected chi connectivity index (χ0v) is 17.0. The van der Waals surface area contributed by atoms with Gasteiger partial charge in [-0.3, -0.25) is 9.59 Å². The maximum absolute atomic E-state index is 13.6. The third-order valence-electron chi connectivity index (χ3n) is 5.98. The molecule has 4 nitrogen and oxygen atoms in total. The van der Waals surface area contributed by atoms with Crippen molar-refractivity contribution >= 4 is 23.1 Å². The third kappa shape index (κ3) is 3.35. The van der Waals surface area contributed by atoms with Crippen LogP contribution in [0.1, 0.15) is 36.5 Å². The zero-order valence-electron chi connectivity index (χ0n) is 17.0. The second-order valence-corrected chi connectivity index (χ2v) is 8.09. The molecule has 0 aliphatic carbocycles. The maximum Gasteiger partial charge on any atom is 0.282 e.